The normalized spacial score (nSPS) is 15.4. The Hall–Kier alpha value is -2.65. The summed E-state index contributed by atoms with van der Waals surface area (Å²) in [6, 6.07) is 9.75. The number of benzene rings is 1. The van der Waals surface area contributed by atoms with E-state index in [0.717, 1.165) is 36.4 Å². The van der Waals surface area contributed by atoms with Gasteiger partial charge in [-0.3, -0.25) is 9.59 Å². The van der Waals surface area contributed by atoms with Crippen LogP contribution in [-0.2, 0) is 32.5 Å². The molecule has 33 heavy (non-hydrogen) atoms. The highest BCUT2D eigenvalue weighted by atomic mass is 32.2. The minimum atomic E-state index is -3.25. The number of esters is 1. The van der Waals surface area contributed by atoms with Crippen LogP contribution in [0.15, 0.2) is 30.3 Å². The number of sulfonamides is 1. The minimum Gasteiger partial charge on any atom is -0.497 e. The average Bonchev–Trinajstić information content (AvgIpc) is 3.09. The first-order valence-electron chi connectivity index (χ1n) is 11.0. The Morgan fingerprint density at radius 3 is 2.30 bits per heavy atom. The van der Waals surface area contributed by atoms with Gasteiger partial charge in [0, 0.05) is 36.6 Å². The number of aryl methyl sites for hydroxylation is 2. The van der Waals surface area contributed by atoms with E-state index in [0.29, 0.717) is 31.5 Å². The molecule has 0 amide bonds. The molecule has 0 bridgehead atoms. The number of carbonyl (C=O) groups excluding carboxylic acids is 2. The summed E-state index contributed by atoms with van der Waals surface area (Å²) in [5.74, 6) is -0.242. The van der Waals surface area contributed by atoms with E-state index in [1.54, 1.807) is 7.11 Å². The summed E-state index contributed by atoms with van der Waals surface area (Å²) in [7, 11) is -1.61. The molecule has 0 atom stereocenters. The molecule has 3 rings (SSSR count). The van der Waals surface area contributed by atoms with Crippen molar-refractivity contribution in [1.29, 1.82) is 0 Å². The Kier molecular flexibility index (Phi) is 7.97. The number of nitrogens with zero attached hydrogens (tertiary/aromatic N) is 2. The predicted molar refractivity (Wildman–Crippen MR) is 125 cm³/mol. The van der Waals surface area contributed by atoms with Gasteiger partial charge in [0.15, 0.2) is 6.61 Å². The fourth-order valence-corrected chi connectivity index (χ4v) is 5.09. The van der Waals surface area contributed by atoms with E-state index in [1.165, 1.54) is 9.87 Å². The predicted octanol–water partition coefficient (Wildman–Crippen LogP) is 2.75. The summed E-state index contributed by atoms with van der Waals surface area (Å²) in [6.07, 6.45) is 2.78. The summed E-state index contributed by atoms with van der Waals surface area (Å²) in [5, 5.41) is 0. The van der Waals surface area contributed by atoms with Crippen molar-refractivity contribution < 1.29 is 27.5 Å². The van der Waals surface area contributed by atoms with Gasteiger partial charge in [0.1, 0.15) is 5.75 Å². The van der Waals surface area contributed by atoms with E-state index in [9.17, 15) is 18.0 Å². The second kappa shape index (κ2) is 10.5. The number of ketones is 1. The molecule has 0 N–H and O–H groups in total. The zero-order valence-corrected chi connectivity index (χ0v) is 20.5. The van der Waals surface area contributed by atoms with Crippen molar-refractivity contribution in [2.24, 2.45) is 5.92 Å². The van der Waals surface area contributed by atoms with Gasteiger partial charge in [0.05, 0.1) is 19.3 Å². The third-order valence-electron chi connectivity index (χ3n) is 6.26. The lowest BCUT2D eigenvalue weighted by Gasteiger charge is -2.28. The van der Waals surface area contributed by atoms with E-state index in [1.807, 2.05) is 44.2 Å². The maximum atomic E-state index is 12.8. The average molecular weight is 477 g/mol. The highest BCUT2D eigenvalue weighted by Crippen LogP contribution is 2.22. The van der Waals surface area contributed by atoms with Gasteiger partial charge in [0.2, 0.25) is 15.8 Å². The number of hydrogen-bond donors (Lipinski definition) is 0. The first-order valence-corrected chi connectivity index (χ1v) is 12.9. The molecule has 1 fully saturated rings. The summed E-state index contributed by atoms with van der Waals surface area (Å²) in [5.41, 5.74) is 3.56. The number of hydrogen-bond acceptors (Lipinski definition) is 6. The molecule has 0 spiro atoms. The number of Topliss-reactive ketones (excluding diaryl/α,β-unsaturated/α-hetero) is 1. The summed E-state index contributed by atoms with van der Waals surface area (Å²) < 4.78 is 37.2. The second-order valence-corrected chi connectivity index (χ2v) is 10.5. The van der Waals surface area contributed by atoms with Crippen LogP contribution in [0.4, 0.5) is 0 Å². The molecule has 0 unspecified atom stereocenters. The highest BCUT2D eigenvalue weighted by Gasteiger charge is 2.30. The van der Waals surface area contributed by atoms with Crippen LogP contribution in [0, 0.1) is 19.8 Å². The molecule has 2 aromatic rings. The van der Waals surface area contributed by atoms with Crippen molar-refractivity contribution in [2.75, 3.05) is 33.1 Å². The van der Waals surface area contributed by atoms with Crippen LogP contribution < -0.4 is 4.74 Å². The Balaban J connectivity index is 1.54. The summed E-state index contributed by atoms with van der Waals surface area (Å²) >= 11 is 0. The maximum Gasteiger partial charge on any atom is 0.309 e. The summed E-state index contributed by atoms with van der Waals surface area (Å²) in [6.45, 7) is 4.87. The van der Waals surface area contributed by atoms with Gasteiger partial charge in [-0.1, -0.05) is 12.1 Å². The van der Waals surface area contributed by atoms with E-state index in [-0.39, 0.29) is 18.3 Å². The third kappa shape index (κ3) is 6.23. The van der Waals surface area contributed by atoms with Crippen molar-refractivity contribution in [3.05, 3.63) is 52.8 Å². The van der Waals surface area contributed by atoms with Gasteiger partial charge in [-0.05, 0) is 56.9 Å². The smallest absolute Gasteiger partial charge is 0.309 e. The van der Waals surface area contributed by atoms with Crippen molar-refractivity contribution in [3.8, 4) is 5.75 Å². The van der Waals surface area contributed by atoms with Crippen LogP contribution in [0.2, 0.25) is 0 Å². The topological polar surface area (TPSA) is 94.9 Å². The number of methoxy groups -OCH3 is 1. The molecule has 1 aliphatic heterocycles. The van der Waals surface area contributed by atoms with Gasteiger partial charge in [0.25, 0.3) is 0 Å². The zero-order chi connectivity index (χ0) is 24.2. The van der Waals surface area contributed by atoms with Crippen molar-refractivity contribution in [2.45, 2.75) is 39.7 Å². The Labute approximate surface area is 195 Å². The lowest BCUT2D eigenvalue weighted by atomic mass is 9.98. The molecular formula is C24H32N2O6S. The van der Waals surface area contributed by atoms with Crippen LogP contribution in [0.25, 0.3) is 0 Å². The molecule has 1 aromatic carbocycles. The second-order valence-electron chi connectivity index (χ2n) is 8.50. The molecule has 0 saturated carbocycles. The quantitative estimate of drug-likeness (QED) is 0.408. The Bertz CT molecular complexity index is 1100. The number of piperidine rings is 1. The van der Waals surface area contributed by atoms with Crippen LogP contribution in [0.1, 0.15) is 40.2 Å². The standard InChI is InChI=1S/C24H32N2O6S/c1-17-15-22(18(2)26(17)14-9-19-5-7-21(31-3)8-6-19)23(27)16-32-24(28)20-10-12-25(13-11-20)33(4,29)30/h5-8,15,20H,9-14,16H2,1-4H3. The van der Waals surface area contributed by atoms with Gasteiger partial charge < -0.3 is 14.0 Å². The van der Waals surface area contributed by atoms with Crippen molar-refractivity contribution in [3.63, 3.8) is 0 Å². The molecule has 0 radical (unpaired) electrons. The Morgan fingerprint density at radius 2 is 1.73 bits per heavy atom. The third-order valence-corrected chi connectivity index (χ3v) is 7.56. The van der Waals surface area contributed by atoms with Gasteiger partial charge in [-0.25, -0.2) is 12.7 Å². The van der Waals surface area contributed by atoms with Crippen LogP contribution >= 0.6 is 0 Å². The van der Waals surface area contributed by atoms with Gasteiger partial charge in [-0.15, -0.1) is 0 Å². The summed E-state index contributed by atoms with van der Waals surface area (Å²) in [4.78, 5) is 25.2. The molecule has 1 aromatic heterocycles. The molecule has 1 saturated heterocycles. The van der Waals surface area contributed by atoms with E-state index >= 15 is 0 Å². The fraction of sp³-hybridized carbons (Fsp3) is 0.500. The first kappa shape index (κ1) is 25.0. The number of carbonyl (C=O) groups is 2. The Morgan fingerprint density at radius 1 is 1.09 bits per heavy atom. The van der Waals surface area contributed by atoms with Gasteiger partial charge in [-0.2, -0.15) is 0 Å². The lowest BCUT2D eigenvalue weighted by molar-refractivity contribution is -0.148. The molecule has 2 heterocycles. The fourth-order valence-electron chi connectivity index (χ4n) is 4.22. The number of rotatable bonds is 9. The van der Waals surface area contributed by atoms with Crippen LogP contribution in [0.3, 0.4) is 0 Å². The first-order chi connectivity index (χ1) is 15.6. The maximum absolute atomic E-state index is 12.8. The van der Waals surface area contributed by atoms with E-state index in [2.05, 4.69) is 4.57 Å². The zero-order valence-electron chi connectivity index (χ0n) is 19.7. The minimum absolute atomic E-state index is 0.235. The van der Waals surface area contributed by atoms with E-state index in [4.69, 9.17) is 9.47 Å². The lowest BCUT2D eigenvalue weighted by Crippen LogP contribution is -2.40. The molecule has 0 aliphatic carbocycles. The monoisotopic (exact) mass is 476 g/mol. The SMILES string of the molecule is COc1ccc(CCn2c(C)cc(C(=O)COC(=O)C3CCN(S(C)(=O)=O)CC3)c2C)cc1. The molecule has 9 heteroatoms. The number of aromatic nitrogens is 1. The van der Waals surface area contributed by atoms with Gasteiger partial charge >= 0.3 is 5.97 Å². The van der Waals surface area contributed by atoms with Crippen molar-refractivity contribution >= 4 is 21.8 Å². The van der Waals surface area contributed by atoms with Crippen molar-refractivity contribution in [1.82, 2.24) is 8.87 Å². The van der Waals surface area contributed by atoms with Crippen LogP contribution in [0.5, 0.6) is 5.75 Å². The number of ether oxygens (including phenoxy) is 2. The molecular weight excluding hydrogens is 444 g/mol. The molecule has 1 aliphatic rings. The van der Waals surface area contributed by atoms with Crippen LogP contribution in [-0.4, -0.2) is 62.1 Å². The molecule has 8 nitrogen and oxygen atoms in total. The largest absolute Gasteiger partial charge is 0.497 e. The molecule has 180 valence electrons. The van der Waals surface area contributed by atoms with E-state index < -0.39 is 16.0 Å². The highest BCUT2D eigenvalue weighted by molar-refractivity contribution is 7.88.